The Kier molecular flexibility index (Phi) is 4.93. The quantitative estimate of drug-likeness (QED) is 0.769. The van der Waals surface area contributed by atoms with E-state index in [2.05, 4.69) is 5.32 Å². The molecule has 26 heavy (non-hydrogen) atoms. The minimum atomic E-state index is -0.747. The fourth-order valence-corrected chi connectivity index (χ4v) is 5.65. The van der Waals surface area contributed by atoms with Crippen LogP contribution in [0.3, 0.4) is 0 Å². The molecule has 6 heteroatoms. The first kappa shape index (κ1) is 17.8. The molecule has 2 saturated carbocycles. The van der Waals surface area contributed by atoms with Gasteiger partial charge < -0.3 is 10.2 Å². The lowest BCUT2D eigenvalue weighted by Gasteiger charge is -2.44. The summed E-state index contributed by atoms with van der Waals surface area (Å²) < 4.78 is 0. The van der Waals surface area contributed by atoms with E-state index in [0.717, 1.165) is 45.1 Å². The summed E-state index contributed by atoms with van der Waals surface area (Å²) in [5.74, 6) is 0.392. The number of likely N-dealkylation sites (tertiary alicyclic amines) is 1. The van der Waals surface area contributed by atoms with Crippen LogP contribution in [0.15, 0.2) is 0 Å². The smallest absolute Gasteiger partial charge is 0.325 e. The molecule has 4 amide bonds. The van der Waals surface area contributed by atoms with Crippen LogP contribution in [0, 0.1) is 5.92 Å². The van der Waals surface area contributed by atoms with Gasteiger partial charge in [-0.2, -0.15) is 0 Å². The van der Waals surface area contributed by atoms with Gasteiger partial charge in [0, 0.05) is 12.6 Å². The zero-order valence-electron chi connectivity index (χ0n) is 15.7. The van der Waals surface area contributed by atoms with Gasteiger partial charge in [0.2, 0.25) is 5.91 Å². The van der Waals surface area contributed by atoms with E-state index in [1.807, 2.05) is 4.90 Å². The second-order valence-corrected chi connectivity index (χ2v) is 8.66. The number of nitrogens with one attached hydrogen (secondary N) is 1. The molecule has 0 aromatic carbocycles. The molecule has 2 heterocycles. The topological polar surface area (TPSA) is 69.7 Å². The Morgan fingerprint density at radius 1 is 0.962 bits per heavy atom. The van der Waals surface area contributed by atoms with Crippen LogP contribution in [-0.2, 0) is 9.59 Å². The summed E-state index contributed by atoms with van der Waals surface area (Å²) in [4.78, 5) is 41.7. The number of piperidine rings is 1. The molecule has 0 unspecified atom stereocenters. The van der Waals surface area contributed by atoms with Crippen LogP contribution < -0.4 is 5.32 Å². The monoisotopic (exact) mass is 361 g/mol. The van der Waals surface area contributed by atoms with Gasteiger partial charge in [-0.1, -0.05) is 38.5 Å². The van der Waals surface area contributed by atoms with E-state index in [1.54, 1.807) is 0 Å². The summed E-state index contributed by atoms with van der Waals surface area (Å²) in [6, 6.07) is -0.0555. The highest BCUT2D eigenvalue weighted by atomic mass is 16.2. The van der Waals surface area contributed by atoms with Gasteiger partial charge in [-0.25, -0.2) is 4.79 Å². The molecule has 0 aromatic heterocycles. The van der Waals surface area contributed by atoms with E-state index in [1.165, 1.54) is 30.6 Å². The molecule has 0 radical (unpaired) electrons. The molecule has 2 aliphatic heterocycles. The van der Waals surface area contributed by atoms with Gasteiger partial charge >= 0.3 is 6.03 Å². The SMILES string of the molecule is O=C1NC2(CCCCCC2)C(=O)N1CC(=O)N1CCC[C@@H]2CCCC[C@@H]21. The number of carbonyl (C=O) groups is 3. The molecule has 6 nitrogen and oxygen atoms in total. The predicted octanol–water partition coefficient (Wildman–Crippen LogP) is 2.81. The number of nitrogens with zero attached hydrogens (tertiary/aromatic N) is 2. The van der Waals surface area contributed by atoms with Crippen molar-refractivity contribution in [2.75, 3.05) is 13.1 Å². The highest BCUT2D eigenvalue weighted by Crippen LogP contribution is 2.36. The molecular formula is C20H31N3O3. The summed E-state index contributed by atoms with van der Waals surface area (Å²) >= 11 is 0. The Bertz CT molecular complexity index is 581. The fraction of sp³-hybridized carbons (Fsp3) is 0.850. The van der Waals surface area contributed by atoms with Crippen LogP contribution in [0.25, 0.3) is 0 Å². The lowest BCUT2D eigenvalue weighted by Crippen LogP contribution is -2.53. The number of amides is 4. The maximum absolute atomic E-state index is 13.0. The van der Waals surface area contributed by atoms with Gasteiger partial charge in [0.05, 0.1) is 0 Å². The molecule has 2 aliphatic carbocycles. The van der Waals surface area contributed by atoms with E-state index in [9.17, 15) is 14.4 Å². The van der Waals surface area contributed by atoms with Crippen molar-refractivity contribution in [1.82, 2.24) is 15.1 Å². The van der Waals surface area contributed by atoms with Crippen molar-refractivity contribution in [2.24, 2.45) is 5.92 Å². The number of rotatable bonds is 2. The van der Waals surface area contributed by atoms with Gasteiger partial charge in [0.15, 0.2) is 0 Å². The molecule has 4 rings (SSSR count). The van der Waals surface area contributed by atoms with Crippen LogP contribution in [0.4, 0.5) is 4.79 Å². The Morgan fingerprint density at radius 3 is 2.42 bits per heavy atom. The van der Waals surface area contributed by atoms with Crippen LogP contribution in [0.1, 0.15) is 77.0 Å². The maximum atomic E-state index is 13.0. The third-order valence-corrected chi connectivity index (χ3v) is 7.06. The van der Waals surface area contributed by atoms with Gasteiger partial charge in [0.1, 0.15) is 12.1 Å². The molecule has 4 fully saturated rings. The Morgan fingerprint density at radius 2 is 1.65 bits per heavy atom. The predicted molar refractivity (Wildman–Crippen MR) is 97.4 cm³/mol. The number of fused-ring (bicyclic) bond motifs is 1. The standard InChI is InChI=1S/C20H31N3O3/c24-17(22-13-7-9-15-8-3-4-10-16(15)22)14-23-18(25)20(21-19(23)26)11-5-1-2-6-12-20/h15-16H,1-14H2,(H,21,26)/t15-,16-/m0/s1. The third kappa shape index (κ3) is 3.12. The number of hydrogen-bond donors (Lipinski definition) is 1. The van der Waals surface area contributed by atoms with E-state index < -0.39 is 5.54 Å². The second-order valence-electron chi connectivity index (χ2n) is 8.66. The van der Waals surface area contributed by atoms with Crippen molar-refractivity contribution < 1.29 is 14.4 Å². The van der Waals surface area contributed by atoms with Gasteiger partial charge in [-0.3, -0.25) is 14.5 Å². The van der Waals surface area contributed by atoms with Crippen LogP contribution in [-0.4, -0.2) is 52.3 Å². The minimum absolute atomic E-state index is 0.0456. The van der Waals surface area contributed by atoms with Crippen molar-refractivity contribution in [3.63, 3.8) is 0 Å². The number of carbonyl (C=O) groups excluding carboxylic acids is 3. The van der Waals surface area contributed by atoms with Crippen molar-refractivity contribution in [1.29, 1.82) is 0 Å². The minimum Gasteiger partial charge on any atom is -0.338 e. The number of urea groups is 1. The average Bonchev–Trinajstić information content (AvgIpc) is 2.83. The lowest BCUT2D eigenvalue weighted by molar-refractivity contribution is -0.143. The van der Waals surface area contributed by atoms with Crippen LogP contribution >= 0.6 is 0 Å². The molecule has 1 spiro atoms. The first-order valence-corrected chi connectivity index (χ1v) is 10.5. The Balaban J connectivity index is 1.45. The van der Waals surface area contributed by atoms with Gasteiger partial charge in [-0.15, -0.1) is 0 Å². The molecule has 0 aromatic rings. The zero-order valence-corrected chi connectivity index (χ0v) is 15.7. The summed E-state index contributed by atoms with van der Waals surface area (Å²) in [6.07, 6.45) is 12.5. The second kappa shape index (κ2) is 7.20. The first-order chi connectivity index (χ1) is 12.6. The highest BCUT2D eigenvalue weighted by molar-refractivity contribution is 6.09. The lowest BCUT2D eigenvalue weighted by atomic mass is 9.78. The maximum Gasteiger partial charge on any atom is 0.325 e. The Labute approximate surface area is 155 Å². The summed E-state index contributed by atoms with van der Waals surface area (Å²) in [7, 11) is 0. The molecule has 1 N–H and O–H groups in total. The van der Waals surface area contributed by atoms with Crippen molar-refractivity contribution in [3.8, 4) is 0 Å². The molecule has 2 atom stereocenters. The first-order valence-electron chi connectivity index (χ1n) is 10.5. The number of imide groups is 1. The summed E-state index contributed by atoms with van der Waals surface area (Å²) in [6.45, 7) is 0.685. The van der Waals surface area contributed by atoms with Crippen LogP contribution in [0.5, 0.6) is 0 Å². The summed E-state index contributed by atoms with van der Waals surface area (Å²) in [5, 5.41) is 2.94. The molecular weight excluding hydrogens is 330 g/mol. The van der Waals surface area contributed by atoms with E-state index in [4.69, 9.17) is 0 Å². The van der Waals surface area contributed by atoms with Crippen molar-refractivity contribution in [3.05, 3.63) is 0 Å². The fourth-order valence-electron chi connectivity index (χ4n) is 5.65. The largest absolute Gasteiger partial charge is 0.338 e. The zero-order chi connectivity index (χ0) is 18.1. The third-order valence-electron chi connectivity index (χ3n) is 7.06. The van der Waals surface area contributed by atoms with Gasteiger partial charge in [0.25, 0.3) is 5.91 Å². The average molecular weight is 361 g/mol. The molecule has 0 bridgehead atoms. The van der Waals surface area contributed by atoms with E-state index in [0.29, 0.717) is 24.8 Å². The van der Waals surface area contributed by atoms with Crippen molar-refractivity contribution in [2.45, 2.75) is 88.6 Å². The number of hydrogen-bond acceptors (Lipinski definition) is 3. The van der Waals surface area contributed by atoms with E-state index >= 15 is 0 Å². The van der Waals surface area contributed by atoms with Crippen molar-refractivity contribution >= 4 is 17.8 Å². The normalized spacial score (nSPS) is 31.5. The van der Waals surface area contributed by atoms with Crippen LogP contribution in [0.2, 0.25) is 0 Å². The molecule has 144 valence electrons. The molecule has 4 aliphatic rings. The molecule has 2 saturated heterocycles. The summed E-state index contributed by atoms with van der Waals surface area (Å²) in [5.41, 5.74) is -0.747. The van der Waals surface area contributed by atoms with Gasteiger partial charge in [-0.05, 0) is 44.4 Å². The van der Waals surface area contributed by atoms with E-state index in [-0.39, 0.29) is 24.4 Å². The Hall–Kier alpha value is -1.59. The highest BCUT2D eigenvalue weighted by Gasteiger charge is 2.51.